The molecule has 1 atom stereocenters. The van der Waals surface area contributed by atoms with E-state index in [1.807, 2.05) is 0 Å². The van der Waals surface area contributed by atoms with Gasteiger partial charge in [-0.2, -0.15) is 0 Å². The van der Waals surface area contributed by atoms with Gasteiger partial charge in [-0.25, -0.2) is 4.39 Å². The van der Waals surface area contributed by atoms with Crippen LogP contribution in [-0.4, -0.2) is 6.79 Å². The molecular formula is C15H14FNO3. The lowest BCUT2D eigenvalue weighted by Crippen LogP contribution is -2.05. The van der Waals surface area contributed by atoms with E-state index in [-0.39, 0.29) is 18.6 Å². The van der Waals surface area contributed by atoms with Crippen molar-refractivity contribution in [3.05, 3.63) is 47.8 Å². The number of benzene rings is 2. The molecule has 2 aromatic carbocycles. The molecule has 104 valence electrons. The van der Waals surface area contributed by atoms with Crippen LogP contribution in [0.15, 0.2) is 36.4 Å². The van der Waals surface area contributed by atoms with E-state index in [0.29, 0.717) is 17.2 Å². The molecule has 5 heteroatoms. The number of hydrogen-bond acceptors (Lipinski definition) is 4. The van der Waals surface area contributed by atoms with Crippen molar-refractivity contribution < 1.29 is 18.6 Å². The van der Waals surface area contributed by atoms with Gasteiger partial charge >= 0.3 is 0 Å². The minimum absolute atomic E-state index is 0.147. The average Bonchev–Trinajstić information content (AvgIpc) is 2.88. The summed E-state index contributed by atoms with van der Waals surface area (Å²) < 4.78 is 29.9. The third-order valence-electron chi connectivity index (χ3n) is 3.05. The van der Waals surface area contributed by atoms with Crippen LogP contribution < -0.4 is 19.9 Å². The molecule has 0 saturated carbocycles. The molecule has 0 aromatic heterocycles. The van der Waals surface area contributed by atoms with Crippen LogP contribution in [0.1, 0.15) is 18.5 Å². The van der Waals surface area contributed by atoms with Crippen molar-refractivity contribution in [2.75, 3.05) is 6.79 Å². The van der Waals surface area contributed by atoms with Gasteiger partial charge < -0.3 is 19.9 Å². The predicted molar refractivity (Wildman–Crippen MR) is 71.6 cm³/mol. The van der Waals surface area contributed by atoms with E-state index in [1.54, 1.807) is 37.3 Å². The highest BCUT2D eigenvalue weighted by Gasteiger charge is 2.15. The Kier molecular flexibility index (Phi) is 3.20. The molecule has 0 fully saturated rings. The summed E-state index contributed by atoms with van der Waals surface area (Å²) in [6, 6.07) is 9.57. The summed E-state index contributed by atoms with van der Waals surface area (Å²) in [6.45, 7) is 1.99. The summed E-state index contributed by atoms with van der Waals surface area (Å²) in [5.74, 6) is 1.44. The van der Waals surface area contributed by atoms with Crippen LogP contribution >= 0.6 is 0 Å². The third kappa shape index (κ3) is 2.40. The van der Waals surface area contributed by atoms with Crippen LogP contribution in [0.4, 0.5) is 4.39 Å². The highest BCUT2D eigenvalue weighted by molar-refractivity contribution is 5.48. The molecule has 1 heterocycles. The van der Waals surface area contributed by atoms with Crippen LogP contribution in [0, 0.1) is 5.82 Å². The van der Waals surface area contributed by atoms with Crippen molar-refractivity contribution in [1.29, 1.82) is 0 Å². The molecule has 2 aromatic rings. The molecular weight excluding hydrogens is 261 g/mol. The Morgan fingerprint density at radius 3 is 2.70 bits per heavy atom. The maximum atomic E-state index is 13.9. The fraction of sp³-hybridized carbons (Fsp3) is 0.200. The Balaban J connectivity index is 1.84. The zero-order valence-electron chi connectivity index (χ0n) is 10.9. The van der Waals surface area contributed by atoms with Gasteiger partial charge in [0, 0.05) is 12.1 Å². The topological polar surface area (TPSA) is 53.7 Å². The number of hydrogen-bond donors (Lipinski definition) is 1. The molecule has 0 bridgehead atoms. The van der Waals surface area contributed by atoms with E-state index in [0.717, 1.165) is 5.56 Å². The van der Waals surface area contributed by atoms with E-state index in [2.05, 4.69) is 0 Å². The Bertz CT molecular complexity index is 643. The standard InChI is InChI=1S/C15H14FNO3/c1-9(17)10-2-4-13(12(16)6-10)20-11-3-5-14-15(7-11)19-8-18-14/h2-7,9H,8,17H2,1H3/t9-/m1/s1. The van der Waals surface area contributed by atoms with Crippen LogP contribution in [-0.2, 0) is 0 Å². The van der Waals surface area contributed by atoms with Crippen molar-refractivity contribution in [3.8, 4) is 23.0 Å². The van der Waals surface area contributed by atoms with Crippen LogP contribution in [0.3, 0.4) is 0 Å². The van der Waals surface area contributed by atoms with Gasteiger partial charge in [0.05, 0.1) is 0 Å². The molecule has 4 nitrogen and oxygen atoms in total. The van der Waals surface area contributed by atoms with Crippen LogP contribution in [0.25, 0.3) is 0 Å². The SMILES string of the molecule is C[C@@H](N)c1ccc(Oc2ccc3c(c2)OCO3)c(F)c1. The largest absolute Gasteiger partial charge is 0.454 e. The van der Waals surface area contributed by atoms with E-state index in [4.69, 9.17) is 19.9 Å². The van der Waals surface area contributed by atoms with Gasteiger partial charge in [0.2, 0.25) is 6.79 Å². The Morgan fingerprint density at radius 2 is 1.95 bits per heavy atom. The Morgan fingerprint density at radius 1 is 1.15 bits per heavy atom. The average molecular weight is 275 g/mol. The van der Waals surface area contributed by atoms with Gasteiger partial charge in [-0.1, -0.05) is 6.07 Å². The minimum atomic E-state index is -0.447. The van der Waals surface area contributed by atoms with E-state index in [1.165, 1.54) is 6.07 Å². The molecule has 0 amide bonds. The molecule has 3 rings (SSSR count). The number of fused-ring (bicyclic) bond motifs is 1. The summed E-state index contributed by atoms with van der Waals surface area (Å²) in [6.07, 6.45) is 0. The molecule has 0 unspecified atom stereocenters. The lowest BCUT2D eigenvalue weighted by atomic mass is 10.1. The zero-order chi connectivity index (χ0) is 14.1. The summed E-state index contributed by atoms with van der Waals surface area (Å²) in [5.41, 5.74) is 6.43. The third-order valence-corrected chi connectivity index (χ3v) is 3.05. The lowest BCUT2D eigenvalue weighted by Gasteiger charge is -2.10. The van der Waals surface area contributed by atoms with Gasteiger partial charge in [0.15, 0.2) is 23.1 Å². The Labute approximate surface area is 115 Å². The van der Waals surface area contributed by atoms with Crippen molar-refractivity contribution in [2.24, 2.45) is 5.73 Å². The molecule has 0 saturated heterocycles. The second-order valence-electron chi connectivity index (χ2n) is 4.60. The molecule has 0 spiro atoms. The Hall–Kier alpha value is -2.27. The van der Waals surface area contributed by atoms with Crippen molar-refractivity contribution in [3.63, 3.8) is 0 Å². The monoisotopic (exact) mass is 275 g/mol. The van der Waals surface area contributed by atoms with Gasteiger partial charge in [0.1, 0.15) is 5.75 Å². The number of rotatable bonds is 3. The highest BCUT2D eigenvalue weighted by atomic mass is 19.1. The maximum absolute atomic E-state index is 13.9. The van der Waals surface area contributed by atoms with Gasteiger partial charge in [-0.05, 0) is 36.8 Å². The first-order valence-electron chi connectivity index (χ1n) is 6.26. The van der Waals surface area contributed by atoms with Crippen molar-refractivity contribution >= 4 is 0 Å². The predicted octanol–water partition coefficient (Wildman–Crippen LogP) is 3.37. The molecule has 0 aliphatic carbocycles. The minimum Gasteiger partial charge on any atom is -0.454 e. The molecule has 20 heavy (non-hydrogen) atoms. The second kappa shape index (κ2) is 5.02. The quantitative estimate of drug-likeness (QED) is 0.933. The summed E-state index contributed by atoms with van der Waals surface area (Å²) >= 11 is 0. The van der Waals surface area contributed by atoms with Crippen LogP contribution in [0.5, 0.6) is 23.0 Å². The molecule has 0 radical (unpaired) electrons. The van der Waals surface area contributed by atoms with E-state index >= 15 is 0 Å². The first-order valence-corrected chi connectivity index (χ1v) is 6.26. The number of ether oxygens (including phenoxy) is 3. The molecule has 1 aliphatic heterocycles. The lowest BCUT2D eigenvalue weighted by molar-refractivity contribution is 0.174. The van der Waals surface area contributed by atoms with E-state index < -0.39 is 5.82 Å². The smallest absolute Gasteiger partial charge is 0.231 e. The van der Waals surface area contributed by atoms with Crippen molar-refractivity contribution in [2.45, 2.75) is 13.0 Å². The van der Waals surface area contributed by atoms with Crippen LogP contribution in [0.2, 0.25) is 0 Å². The first-order chi connectivity index (χ1) is 9.63. The molecule has 1 aliphatic rings. The number of halogens is 1. The second-order valence-corrected chi connectivity index (χ2v) is 4.60. The summed E-state index contributed by atoms with van der Waals surface area (Å²) in [7, 11) is 0. The highest BCUT2D eigenvalue weighted by Crippen LogP contribution is 2.37. The summed E-state index contributed by atoms with van der Waals surface area (Å²) in [5, 5.41) is 0. The first kappa shape index (κ1) is 12.7. The fourth-order valence-corrected chi connectivity index (χ4v) is 1.95. The van der Waals surface area contributed by atoms with Gasteiger partial charge in [-0.3, -0.25) is 0 Å². The van der Waals surface area contributed by atoms with Gasteiger partial charge in [0.25, 0.3) is 0 Å². The summed E-state index contributed by atoms with van der Waals surface area (Å²) in [4.78, 5) is 0. The maximum Gasteiger partial charge on any atom is 0.231 e. The van der Waals surface area contributed by atoms with E-state index in [9.17, 15) is 4.39 Å². The molecule has 2 N–H and O–H groups in total. The van der Waals surface area contributed by atoms with Crippen molar-refractivity contribution in [1.82, 2.24) is 0 Å². The number of nitrogens with two attached hydrogens (primary N) is 1. The zero-order valence-corrected chi connectivity index (χ0v) is 10.9. The fourth-order valence-electron chi connectivity index (χ4n) is 1.95. The normalized spacial score (nSPS) is 14.2. The van der Waals surface area contributed by atoms with Gasteiger partial charge in [-0.15, -0.1) is 0 Å².